The fourth-order valence-corrected chi connectivity index (χ4v) is 2.82. The molecule has 0 unspecified atom stereocenters. The van der Waals surface area contributed by atoms with Crippen LogP contribution in [0.5, 0.6) is 0 Å². The van der Waals surface area contributed by atoms with Gasteiger partial charge in [-0.2, -0.15) is 0 Å². The highest BCUT2D eigenvalue weighted by atomic mass is 35.5. The third-order valence-electron chi connectivity index (χ3n) is 2.04. The molecular formula is C10H11ClFNO4S. The lowest BCUT2D eigenvalue weighted by Gasteiger charge is -2.07. The first kappa shape index (κ1) is 14.9. The van der Waals surface area contributed by atoms with Gasteiger partial charge in [-0.3, -0.25) is 4.79 Å². The Hall–Kier alpha value is -1.18. The largest absolute Gasteiger partial charge is 0.481 e. The number of carboxylic acids is 1. The van der Waals surface area contributed by atoms with Gasteiger partial charge in [-0.15, -0.1) is 0 Å². The predicted octanol–water partition coefficient (Wildman–Crippen LogP) is 1.62. The molecule has 5 nitrogen and oxygen atoms in total. The van der Waals surface area contributed by atoms with Crippen molar-refractivity contribution >= 4 is 27.6 Å². The van der Waals surface area contributed by atoms with E-state index in [0.717, 1.165) is 18.2 Å². The average Bonchev–Trinajstić information content (AvgIpc) is 2.23. The quantitative estimate of drug-likeness (QED) is 0.781. The van der Waals surface area contributed by atoms with E-state index < -0.39 is 21.8 Å². The Labute approximate surface area is 109 Å². The smallest absolute Gasteiger partial charge is 0.303 e. The first-order valence-electron chi connectivity index (χ1n) is 4.99. The number of halogens is 2. The van der Waals surface area contributed by atoms with Crippen LogP contribution in [-0.2, 0) is 14.8 Å². The van der Waals surface area contributed by atoms with E-state index in [0.29, 0.717) is 0 Å². The molecule has 0 amide bonds. The number of carboxylic acid groups (broad SMARTS) is 1. The molecule has 2 N–H and O–H groups in total. The molecule has 0 aliphatic rings. The normalized spacial score (nSPS) is 11.4. The van der Waals surface area contributed by atoms with Gasteiger partial charge in [0.25, 0.3) is 0 Å². The van der Waals surface area contributed by atoms with E-state index in [1.54, 1.807) is 0 Å². The summed E-state index contributed by atoms with van der Waals surface area (Å²) in [5, 5.41) is 8.17. The third kappa shape index (κ3) is 4.25. The Balaban J connectivity index is 2.71. The van der Waals surface area contributed by atoms with Crippen LogP contribution in [0.2, 0.25) is 5.02 Å². The van der Waals surface area contributed by atoms with Crippen molar-refractivity contribution in [3.8, 4) is 0 Å². The van der Waals surface area contributed by atoms with Gasteiger partial charge in [-0.25, -0.2) is 17.5 Å². The Morgan fingerprint density at radius 2 is 2.11 bits per heavy atom. The third-order valence-corrected chi connectivity index (χ3v) is 3.99. The van der Waals surface area contributed by atoms with Gasteiger partial charge in [-0.1, -0.05) is 11.6 Å². The zero-order chi connectivity index (χ0) is 13.8. The number of benzene rings is 1. The summed E-state index contributed by atoms with van der Waals surface area (Å²) < 4.78 is 38.4. The van der Waals surface area contributed by atoms with Crippen LogP contribution in [0.15, 0.2) is 23.1 Å². The van der Waals surface area contributed by atoms with Crippen molar-refractivity contribution in [3.63, 3.8) is 0 Å². The van der Waals surface area contributed by atoms with Crippen LogP contribution in [0.1, 0.15) is 12.8 Å². The lowest BCUT2D eigenvalue weighted by atomic mass is 10.3. The summed E-state index contributed by atoms with van der Waals surface area (Å²) in [5.74, 6) is -1.64. The lowest BCUT2D eigenvalue weighted by molar-refractivity contribution is -0.137. The number of hydrogen-bond acceptors (Lipinski definition) is 3. The molecule has 0 fully saturated rings. The van der Waals surface area contributed by atoms with E-state index in [9.17, 15) is 17.6 Å². The van der Waals surface area contributed by atoms with Gasteiger partial charge >= 0.3 is 5.97 Å². The molecule has 0 radical (unpaired) electrons. The molecule has 18 heavy (non-hydrogen) atoms. The molecule has 0 saturated heterocycles. The van der Waals surface area contributed by atoms with E-state index in [4.69, 9.17) is 16.7 Å². The second kappa shape index (κ2) is 6.12. The SMILES string of the molecule is O=C(O)CCCNS(=O)(=O)c1ccc(F)cc1Cl. The van der Waals surface area contributed by atoms with Gasteiger partial charge in [0.05, 0.1) is 5.02 Å². The fraction of sp³-hybridized carbons (Fsp3) is 0.300. The number of hydrogen-bond donors (Lipinski definition) is 2. The van der Waals surface area contributed by atoms with Crippen LogP contribution in [0.4, 0.5) is 4.39 Å². The molecule has 1 rings (SSSR count). The Morgan fingerprint density at radius 3 is 2.67 bits per heavy atom. The number of rotatable bonds is 6. The standard InChI is InChI=1S/C10H11ClFNO4S/c11-8-6-7(12)3-4-9(8)18(16,17)13-5-1-2-10(14)15/h3-4,6,13H,1-2,5H2,(H,14,15). The predicted molar refractivity (Wildman–Crippen MR) is 63.5 cm³/mol. The van der Waals surface area contributed by atoms with Crippen LogP contribution in [0.3, 0.4) is 0 Å². The molecule has 0 aliphatic heterocycles. The lowest BCUT2D eigenvalue weighted by Crippen LogP contribution is -2.25. The minimum Gasteiger partial charge on any atom is -0.481 e. The highest BCUT2D eigenvalue weighted by Crippen LogP contribution is 2.21. The van der Waals surface area contributed by atoms with Gasteiger partial charge in [0.2, 0.25) is 10.0 Å². The monoisotopic (exact) mass is 295 g/mol. The van der Waals surface area contributed by atoms with Crippen LogP contribution in [-0.4, -0.2) is 26.0 Å². The number of aliphatic carboxylic acids is 1. The zero-order valence-corrected chi connectivity index (χ0v) is 10.8. The molecule has 0 bridgehead atoms. The second-order valence-corrected chi connectivity index (χ2v) is 5.61. The molecule has 0 aromatic heterocycles. The van der Waals surface area contributed by atoms with E-state index in [1.165, 1.54) is 0 Å². The van der Waals surface area contributed by atoms with E-state index in [1.807, 2.05) is 0 Å². The Bertz CT molecular complexity index is 547. The molecule has 8 heteroatoms. The molecule has 1 aromatic rings. The summed E-state index contributed by atoms with van der Waals surface area (Å²) in [7, 11) is -3.85. The zero-order valence-electron chi connectivity index (χ0n) is 9.19. The van der Waals surface area contributed by atoms with Crippen LogP contribution < -0.4 is 4.72 Å². The number of nitrogens with one attached hydrogen (secondary N) is 1. The van der Waals surface area contributed by atoms with Crippen molar-refractivity contribution in [2.45, 2.75) is 17.7 Å². The summed E-state index contributed by atoms with van der Waals surface area (Å²) >= 11 is 5.62. The summed E-state index contributed by atoms with van der Waals surface area (Å²) in [4.78, 5) is 10.0. The van der Waals surface area contributed by atoms with Crippen LogP contribution >= 0.6 is 11.6 Å². The van der Waals surface area contributed by atoms with Crippen molar-refractivity contribution in [1.82, 2.24) is 4.72 Å². The number of carbonyl (C=O) groups is 1. The maximum atomic E-state index is 12.8. The van der Waals surface area contributed by atoms with Crippen molar-refractivity contribution < 1.29 is 22.7 Å². The van der Waals surface area contributed by atoms with E-state index in [-0.39, 0.29) is 29.3 Å². The Kier molecular flexibility index (Phi) is 5.06. The maximum absolute atomic E-state index is 12.8. The molecular weight excluding hydrogens is 285 g/mol. The fourth-order valence-electron chi connectivity index (χ4n) is 1.22. The van der Waals surface area contributed by atoms with Gasteiger partial charge in [0, 0.05) is 13.0 Å². The molecule has 1 aromatic carbocycles. The van der Waals surface area contributed by atoms with Crippen molar-refractivity contribution in [2.24, 2.45) is 0 Å². The maximum Gasteiger partial charge on any atom is 0.303 e. The minimum absolute atomic E-state index is 0.0255. The summed E-state index contributed by atoms with van der Waals surface area (Å²) in [6, 6.07) is 2.93. The Morgan fingerprint density at radius 1 is 1.44 bits per heavy atom. The highest BCUT2D eigenvalue weighted by Gasteiger charge is 2.17. The average molecular weight is 296 g/mol. The van der Waals surface area contributed by atoms with Crippen LogP contribution in [0, 0.1) is 5.82 Å². The molecule has 0 saturated carbocycles. The van der Waals surface area contributed by atoms with Crippen molar-refractivity contribution in [3.05, 3.63) is 29.0 Å². The van der Waals surface area contributed by atoms with E-state index >= 15 is 0 Å². The first-order valence-corrected chi connectivity index (χ1v) is 6.85. The summed E-state index contributed by atoms with van der Waals surface area (Å²) in [5.41, 5.74) is 0. The topological polar surface area (TPSA) is 83.5 Å². The molecule has 0 atom stereocenters. The highest BCUT2D eigenvalue weighted by molar-refractivity contribution is 7.89. The molecule has 100 valence electrons. The molecule has 0 aliphatic carbocycles. The van der Waals surface area contributed by atoms with Gasteiger partial charge < -0.3 is 5.11 Å². The number of sulfonamides is 1. The summed E-state index contributed by atoms with van der Waals surface area (Å²) in [6.45, 7) is -0.0255. The molecule has 0 heterocycles. The van der Waals surface area contributed by atoms with Crippen LogP contribution in [0.25, 0.3) is 0 Å². The second-order valence-electron chi connectivity index (χ2n) is 3.47. The molecule has 0 spiro atoms. The van der Waals surface area contributed by atoms with E-state index in [2.05, 4.69) is 4.72 Å². The summed E-state index contributed by atoms with van der Waals surface area (Å²) in [6.07, 6.45) is 0.0209. The van der Waals surface area contributed by atoms with Gasteiger partial charge in [-0.05, 0) is 24.6 Å². The minimum atomic E-state index is -3.85. The van der Waals surface area contributed by atoms with Gasteiger partial charge in [0.1, 0.15) is 10.7 Å². The van der Waals surface area contributed by atoms with Crippen molar-refractivity contribution in [2.75, 3.05) is 6.54 Å². The van der Waals surface area contributed by atoms with Gasteiger partial charge in [0.15, 0.2) is 0 Å². The first-order chi connectivity index (χ1) is 8.33. The van der Waals surface area contributed by atoms with Crippen molar-refractivity contribution in [1.29, 1.82) is 0 Å².